The summed E-state index contributed by atoms with van der Waals surface area (Å²) >= 11 is 7.36. The van der Waals surface area contributed by atoms with E-state index in [1.54, 1.807) is 11.0 Å². The Bertz CT molecular complexity index is 382. The molecule has 0 aliphatic carbocycles. The van der Waals surface area contributed by atoms with E-state index in [9.17, 15) is 4.79 Å². The predicted molar refractivity (Wildman–Crippen MR) is 80.5 cm³/mol. The number of carbonyl (C=O) groups is 1. The molecule has 1 rings (SSSR count). The van der Waals surface area contributed by atoms with E-state index in [0.717, 1.165) is 15.6 Å². The maximum atomic E-state index is 11.9. The minimum atomic E-state index is 0. The van der Waals surface area contributed by atoms with Gasteiger partial charge in [-0.2, -0.15) is 0 Å². The highest BCUT2D eigenvalue weighted by Crippen LogP contribution is 2.22. The smallest absolute Gasteiger partial charge is 0.223 e. The highest BCUT2D eigenvalue weighted by Gasteiger charge is 2.12. The number of rotatable bonds is 7. The molecule has 1 aromatic rings. The Morgan fingerprint density at radius 1 is 1.56 bits per heavy atom. The van der Waals surface area contributed by atoms with Gasteiger partial charge in [0.25, 0.3) is 0 Å². The van der Waals surface area contributed by atoms with Gasteiger partial charge in [-0.3, -0.25) is 4.79 Å². The van der Waals surface area contributed by atoms with Gasteiger partial charge in [0.2, 0.25) is 5.91 Å². The van der Waals surface area contributed by atoms with Crippen LogP contribution in [0.2, 0.25) is 4.34 Å². The number of nitrogens with zero attached hydrogens (tertiary/aromatic N) is 1. The van der Waals surface area contributed by atoms with Crippen LogP contribution < -0.4 is 5.73 Å². The molecule has 0 saturated heterocycles. The topological polar surface area (TPSA) is 46.3 Å². The summed E-state index contributed by atoms with van der Waals surface area (Å²) in [6, 6.07) is 3.79. The monoisotopic (exact) mass is 308 g/mol. The Morgan fingerprint density at radius 2 is 2.28 bits per heavy atom. The lowest BCUT2D eigenvalue weighted by Gasteiger charge is -2.20. The van der Waals surface area contributed by atoms with Crippen molar-refractivity contribution in [2.45, 2.75) is 19.4 Å². The largest absolute Gasteiger partial charge is 0.334 e. The van der Waals surface area contributed by atoms with Gasteiger partial charge in [0.05, 0.1) is 10.9 Å². The molecule has 0 radical (unpaired) electrons. The number of hydrogen-bond donors (Lipinski definition) is 1. The number of amides is 1. The summed E-state index contributed by atoms with van der Waals surface area (Å²) < 4.78 is 0.743. The molecule has 0 atom stereocenters. The van der Waals surface area contributed by atoms with E-state index in [0.29, 0.717) is 26.1 Å². The van der Waals surface area contributed by atoms with Crippen molar-refractivity contribution < 1.29 is 4.79 Å². The lowest BCUT2D eigenvalue weighted by molar-refractivity contribution is -0.131. The van der Waals surface area contributed by atoms with Gasteiger partial charge in [-0.1, -0.05) is 17.7 Å². The number of nitrogens with two attached hydrogens (primary N) is 1. The van der Waals surface area contributed by atoms with Crippen molar-refractivity contribution in [1.29, 1.82) is 0 Å². The summed E-state index contributed by atoms with van der Waals surface area (Å²) in [7, 11) is 0. The first-order valence-electron chi connectivity index (χ1n) is 5.50. The summed E-state index contributed by atoms with van der Waals surface area (Å²) in [6.07, 6.45) is 2.94. The lowest BCUT2D eigenvalue weighted by Crippen LogP contribution is -2.30. The fourth-order valence-corrected chi connectivity index (χ4v) is 2.55. The molecule has 0 aromatic carbocycles. The minimum absolute atomic E-state index is 0. The first-order valence-corrected chi connectivity index (χ1v) is 6.69. The molecule has 3 nitrogen and oxygen atoms in total. The molecular formula is C12H18Cl2N2OS. The quantitative estimate of drug-likeness (QED) is 0.787. The molecule has 18 heavy (non-hydrogen) atoms. The molecular weight excluding hydrogens is 291 g/mol. The first kappa shape index (κ1) is 17.4. The van der Waals surface area contributed by atoms with Crippen LogP contribution in [0.4, 0.5) is 0 Å². The Kier molecular flexibility index (Phi) is 9.10. The van der Waals surface area contributed by atoms with Gasteiger partial charge >= 0.3 is 0 Å². The molecule has 0 aliphatic rings. The zero-order chi connectivity index (χ0) is 12.7. The van der Waals surface area contributed by atoms with Crippen LogP contribution >= 0.6 is 35.3 Å². The standard InChI is InChI=1S/C12H17ClN2OS.ClH/c1-2-8-15(12(16)4-3-7-14)9-10-5-6-11(13)17-10;/h2,5-6H,1,3-4,7-9,14H2;1H. The Hall–Kier alpha value is -0.550. The molecule has 6 heteroatoms. The summed E-state index contributed by atoms with van der Waals surface area (Å²) in [5.41, 5.74) is 5.40. The van der Waals surface area contributed by atoms with E-state index in [1.165, 1.54) is 11.3 Å². The third-order valence-electron chi connectivity index (χ3n) is 2.27. The van der Waals surface area contributed by atoms with E-state index in [2.05, 4.69) is 6.58 Å². The van der Waals surface area contributed by atoms with Gasteiger partial charge in [-0.05, 0) is 25.1 Å². The molecule has 1 amide bonds. The molecule has 1 aromatic heterocycles. The zero-order valence-electron chi connectivity index (χ0n) is 10.1. The average molecular weight is 309 g/mol. The van der Waals surface area contributed by atoms with Crippen LogP contribution in [0.5, 0.6) is 0 Å². The van der Waals surface area contributed by atoms with Gasteiger partial charge in [-0.25, -0.2) is 0 Å². The van der Waals surface area contributed by atoms with E-state index < -0.39 is 0 Å². The first-order chi connectivity index (χ1) is 8.17. The second kappa shape index (κ2) is 9.39. The SMILES string of the molecule is C=CCN(Cc1ccc(Cl)s1)C(=O)CCCN.Cl. The van der Waals surface area contributed by atoms with Crippen molar-refractivity contribution in [2.24, 2.45) is 5.73 Å². The minimum Gasteiger partial charge on any atom is -0.334 e. The number of thiophene rings is 1. The molecule has 2 N–H and O–H groups in total. The average Bonchev–Trinajstić information content (AvgIpc) is 2.71. The molecule has 0 bridgehead atoms. The second-order valence-corrected chi connectivity index (χ2v) is 5.46. The highest BCUT2D eigenvalue weighted by molar-refractivity contribution is 7.16. The number of halogens is 2. The van der Waals surface area contributed by atoms with E-state index in [1.807, 2.05) is 12.1 Å². The van der Waals surface area contributed by atoms with Gasteiger partial charge in [-0.15, -0.1) is 30.3 Å². The molecule has 0 unspecified atom stereocenters. The Labute approximate surface area is 123 Å². The van der Waals surface area contributed by atoms with Crippen molar-refractivity contribution in [3.05, 3.63) is 34.0 Å². The normalized spacial score (nSPS) is 9.67. The van der Waals surface area contributed by atoms with Crippen LogP contribution in [0.3, 0.4) is 0 Å². The van der Waals surface area contributed by atoms with E-state index >= 15 is 0 Å². The molecule has 102 valence electrons. The van der Waals surface area contributed by atoms with Crippen molar-refractivity contribution in [2.75, 3.05) is 13.1 Å². The summed E-state index contributed by atoms with van der Waals surface area (Å²) in [5.74, 6) is 0.111. The van der Waals surface area contributed by atoms with Gasteiger partial charge in [0.1, 0.15) is 0 Å². The van der Waals surface area contributed by atoms with Crippen LogP contribution in [0.25, 0.3) is 0 Å². The maximum absolute atomic E-state index is 11.9. The third-order valence-corrected chi connectivity index (χ3v) is 3.49. The van der Waals surface area contributed by atoms with Crippen LogP contribution in [-0.4, -0.2) is 23.9 Å². The molecule has 1 heterocycles. The summed E-state index contributed by atoms with van der Waals surface area (Å²) in [6.45, 7) is 5.35. The van der Waals surface area contributed by atoms with Crippen LogP contribution in [0.15, 0.2) is 24.8 Å². The fraction of sp³-hybridized carbons (Fsp3) is 0.417. The maximum Gasteiger partial charge on any atom is 0.223 e. The summed E-state index contributed by atoms with van der Waals surface area (Å²) in [4.78, 5) is 14.7. The van der Waals surface area contributed by atoms with Gasteiger partial charge < -0.3 is 10.6 Å². The van der Waals surface area contributed by atoms with Crippen molar-refractivity contribution in [3.8, 4) is 0 Å². The van der Waals surface area contributed by atoms with Crippen molar-refractivity contribution in [1.82, 2.24) is 4.90 Å². The van der Waals surface area contributed by atoms with E-state index in [-0.39, 0.29) is 18.3 Å². The Balaban J connectivity index is 0.00000289. The van der Waals surface area contributed by atoms with Crippen molar-refractivity contribution in [3.63, 3.8) is 0 Å². The van der Waals surface area contributed by atoms with Gasteiger partial charge in [0.15, 0.2) is 0 Å². The number of carbonyl (C=O) groups excluding carboxylic acids is 1. The lowest BCUT2D eigenvalue weighted by atomic mass is 10.2. The van der Waals surface area contributed by atoms with Gasteiger partial charge in [0, 0.05) is 17.8 Å². The number of hydrogen-bond acceptors (Lipinski definition) is 3. The van der Waals surface area contributed by atoms with Crippen LogP contribution in [0, 0.1) is 0 Å². The Morgan fingerprint density at radius 3 is 2.78 bits per heavy atom. The molecule has 0 saturated carbocycles. The predicted octanol–water partition coefficient (Wildman–Crippen LogP) is 3.08. The van der Waals surface area contributed by atoms with E-state index in [4.69, 9.17) is 17.3 Å². The van der Waals surface area contributed by atoms with Crippen LogP contribution in [-0.2, 0) is 11.3 Å². The molecule has 0 spiro atoms. The second-order valence-electron chi connectivity index (χ2n) is 3.66. The molecule has 0 aliphatic heterocycles. The third kappa shape index (κ3) is 5.87. The summed E-state index contributed by atoms with van der Waals surface area (Å²) in [5, 5.41) is 0. The molecule has 0 fully saturated rings. The van der Waals surface area contributed by atoms with Crippen LogP contribution in [0.1, 0.15) is 17.7 Å². The van der Waals surface area contributed by atoms with Crippen molar-refractivity contribution >= 4 is 41.3 Å². The zero-order valence-corrected chi connectivity index (χ0v) is 12.5. The fourth-order valence-electron chi connectivity index (χ4n) is 1.45. The highest BCUT2D eigenvalue weighted by atomic mass is 35.5.